The Morgan fingerprint density at radius 1 is 1.45 bits per heavy atom. The lowest BCUT2D eigenvalue weighted by Crippen LogP contribution is -2.30. The van der Waals surface area contributed by atoms with Gasteiger partial charge in [-0.1, -0.05) is 19.1 Å². The van der Waals surface area contributed by atoms with Crippen LogP contribution in [0.1, 0.15) is 18.9 Å². The quantitative estimate of drug-likeness (QED) is 0.853. The summed E-state index contributed by atoms with van der Waals surface area (Å²) in [6.45, 7) is 1.75. The second kappa shape index (κ2) is 7.02. The zero-order valence-corrected chi connectivity index (χ0v) is 13.3. The Morgan fingerprint density at radius 2 is 2.18 bits per heavy atom. The molecule has 1 unspecified atom stereocenters. The lowest BCUT2D eigenvalue weighted by Gasteiger charge is -2.12. The van der Waals surface area contributed by atoms with E-state index in [1.165, 1.54) is 0 Å². The minimum atomic E-state index is -1.05. The van der Waals surface area contributed by atoms with Crippen molar-refractivity contribution in [2.45, 2.75) is 31.3 Å². The van der Waals surface area contributed by atoms with Crippen LogP contribution in [0.25, 0.3) is 0 Å². The van der Waals surface area contributed by atoms with Crippen molar-refractivity contribution >= 4 is 28.4 Å². The Hall–Kier alpha value is -1.73. The third kappa shape index (κ3) is 4.14. The third-order valence-corrected chi connectivity index (χ3v) is 4.25. The van der Waals surface area contributed by atoms with Crippen LogP contribution < -0.4 is 5.32 Å². The largest absolute Gasteiger partial charge is 0.479 e. The molecule has 0 aliphatic carbocycles. The number of carboxylic acid groups (broad SMARTS) is 1. The highest BCUT2D eigenvalue weighted by atomic mass is 32.2. The topological polar surface area (TPSA) is 92.7 Å². The van der Waals surface area contributed by atoms with E-state index in [0.717, 1.165) is 5.56 Å². The maximum atomic E-state index is 12.2. The van der Waals surface area contributed by atoms with Crippen LogP contribution in [0.4, 0.5) is 5.69 Å². The van der Waals surface area contributed by atoms with Crippen molar-refractivity contribution < 1.29 is 23.6 Å². The Balaban J connectivity index is 2.01. The van der Waals surface area contributed by atoms with Gasteiger partial charge in [-0.15, -0.1) is 0 Å². The lowest BCUT2D eigenvalue weighted by molar-refractivity contribution is -0.152. The number of aliphatic carboxylic acids is 1. The van der Waals surface area contributed by atoms with E-state index < -0.39 is 29.0 Å². The number of amides is 1. The average molecular weight is 325 g/mol. The molecule has 120 valence electrons. The summed E-state index contributed by atoms with van der Waals surface area (Å²) in [5.74, 6) is -1.19. The zero-order chi connectivity index (χ0) is 16.3. The summed E-state index contributed by atoms with van der Waals surface area (Å²) in [7, 11) is -0.957. The van der Waals surface area contributed by atoms with Crippen molar-refractivity contribution in [2.24, 2.45) is 5.92 Å². The van der Waals surface area contributed by atoms with Gasteiger partial charge in [-0.3, -0.25) is 9.00 Å². The highest BCUT2D eigenvalue weighted by molar-refractivity contribution is 7.83. The molecule has 0 radical (unpaired) electrons. The van der Waals surface area contributed by atoms with E-state index in [-0.39, 0.29) is 11.8 Å². The van der Waals surface area contributed by atoms with Crippen molar-refractivity contribution in [3.63, 3.8) is 0 Å². The Labute approximate surface area is 131 Å². The molecular weight excluding hydrogens is 306 g/mol. The van der Waals surface area contributed by atoms with Gasteiger partial charge in [-0.05, 0) is 30.0 Å². The number of benzene rings is 1. The first kappa shape index (κ1) is 16.6. The van der Waals surface area contributed by atoms with Crippen molar-refractivity contribution in [3.8, 4) is 0 Å². The molecule has 1 aromatic rings. The van der Waals surface area contributed by atoms with Crippen LogP contribution in [0.15, 0.2) is 24.3 Å². The van der Waals surface area contributed by atoms with Crippen molar-refractivity contribution in [1.82, 2.24) is 0 Å². The SMILES string of the molecule is C[C@@H]1C[C@H](C(=O)Nc2cccc(CS(C)=O)c2)O[C@H]1C(=O)O. The summed E-state index contributed by atoms with van der Waals surface area (Å²) in [6, 6.07) is 7.10. The number of anilines is 1. The van der Waals surface area contributed by atoms with E-state index in [4.69, 9.17) is 9.84 Å². The molecule has 1 heterocycles. The number of carboxylic acids is 1. The molecular formula is C15H19NO5S. The van der Waals surface area contributed by atoms with Gasteiger partial charge in [0.15, 0.2) is 6.10 Å². The average Bonchev–Trinajstić information content (AvgIpc) is 2.80. The van der Waals surface area contributed by atoms with Crippen LogP contribution >= 0.6 is 0 Å². The molecule has 0 bridgehead atoms. The smallest absolute Gasteiger partial charge is 0.333 e. The highest BCUT2D eigenvalue weighted by Gasteiger charge is 2.40. The van der Waals surface area contributed by atoms with Gasteiger partial charge in [-0.2, -0.15) is 0 Å². The predicted octanol–water partition coefficient (Wildman–Crippen LogP) is 1.38. The van der Waals surface area contributed by atoms with E-state index in [1.807, 2.05) is 6.07 Å². The maximum absolute atomic E-state index is 12.2. The van der Waals surface area contributed by atoms with Crippen LogP contribution in [0.3, 0.4) is 0 Å². The second-order valence-electron chi connectivity index (χ2n) is 5.50. The van der Waals surface area contributed by atoms with Gasteiger partial charge in [-0.25, -0.2) is 4.79 Å². The van der Waals surface area contributed by atoms with Gasteiger partial charge in [0.1, 0.15) is 6.10 Å². The minimum absolute atomic E-state index is 0.206. The molecule has 6 nitrogen and oxygen atoms in total. The van der Waals surface area contributed by atoms with E-state index in [1.54, 1.807) is 31.4 Å². The van der Waals surface area contributed by atoms with Gasteiger partial charge in [0.05, 0.1) is 0 Å². The summed E-state index contributed by atoms with van der Waals surface area (Å²) in [4.78, 5) is 23.2. The molecule has 1 saturated heterocycles. The molecule has 1 aliphatic heterocycles. The number of hydrogen-bond donors (Lipinski definition) is 2. The molecule has 1 aliphatic rings. The molecule has 0 saturated carbocycles. The Kier molecular flexibility index (Phi) is 5.31. The van der Waals surface area contributed by atoms with Crippen molar-refractivity contribution in [1.29, 1.82) is 0 Å². The fourth-order valence-electron chi connectivity index (χ4n) is 2.49. The van der Waals surface area contributed by atoms with Crippen LogP contribution in [-0.4, -0.2) is 39.7 Å². The van der Waals surface area contributed by atoms with Crippen LogP contribution in [0.2, 0.25) is 0 Å². The molecule has 1 amide bonds. The van der Waals surface area contributed by atoms with Gasteiger partial charge < -0.3 is 15.2 Å². The van der Waals surface area contributed by atoms with Crippen LogP contribution in [0, 0.1) is 5.92 Å². The first-order valence-corrected chi connectivity index (χ1v) is 8.67. The van der Waals surface area contributed by atoms with Crippen LogP contribution in [0.5, 0.6) is 0 Å². The Morgan fingerprint density at radius 3 is 2.77 bits per heavy atom. The highest BCUT2D eigenvalue weighted by Crippen LogP contribution is 2.27. The van der Waals surface area contributed by atoms with E-state index in [2.05, 4.69) is 5.32 Å². The summed E-state index contributed by atoms with van der Waals surface area (Å²) < 4.78 is 16.5. The van der Waals surface area contributed by atoms with E-state index >= 15 is 0 Å². The second-order valence-corrected chi connectivity index (χ2v) is 6.94. The number of nitrogens with one attached hydrogen (secondary N) is 1. The summed E-state index contributed by atoms with van der Waals surface area (Å²) in [5, 5.41) is 11.7. The molecule has 2 rings (SSSR count). The molecule has 4 atom stereocenters. The Bertz CT molecular complexity index is 603. The van der Waals surface area contributed by atoms with Gasteiger partial charge in [0, 0.05) is 28.5 Å². The monoisotopic (exact) mass is 325 g/mol. The van der Waals surface area contributed by atoms with Gasteiger partial charge in [0.2, 0.25) is 0 Å². The molecule has 1 fully saturated rings. The van der Waals surface area contributed by atoms with Crippen molar-refractivity contribution in [3.05, 3.63) is 29.8 Å². The van der Waals surface area contributed by atoms with Crippen molar-refractivity contribution in [2.75, 3.05) is 11.6 Å². The fourth-order valence-corrected chi connectivity index (χ4v) is 3.14. The van der Waals surface area contributed by atoms with Crippen LogP contribution in [-0.2, 0) is 30.9 Å². The van der Waals surface area contributed by atoms with Gasteiger partial charge in [0.25, 0.3) is 5.91 Å². The standard InChI is InChI=1S/C15H19NO5S/c1-9-6-12(21-13(9)15(18)19)14(17)16-11-5-3-4-10(7-11)8-22(2)20/h3-5,7,9,12-13H,6,8H2,1-2H3,(H,16,17)(H,18,19)/t9-,12-,13-,22?/m1/s1. The number of rotatable bonds is 5. The molecule has 1 aromatic carbocycles. The fraction of sp³-hybridized carbons (Fsp3) is 0.467. The first-order chi connectivity index (χ1) is 10.4. The molecule has 0 spiro atoms. The molecule has 7 heteroatoms. The zero-order valence-electron chi connectivity index (χ0n) is 12.4. The number of carbonyl (C=O) groups is 2. The minimum Gasteiger partial charge on any atom is -0.479 e. The molecule has 22 heavy (non-hydrogen) atoms. The molecule has 2 N–H and O–H groups in total. The lowest BCUT2D eigenvalue weighted by atomic mass is 10.0. The first-order valence-electron chi connectivity index (χ1n) is 6.95. The van der Waals surface area contributed by atoms with E-state index in [0.29, 0.717) is 17.9 Å². The number of ether oxygens (including phenoxy) is 1. The number of carbonyl (C=O) groups excluding carboxylic acids is 1. The van der Waals surface area contributed by atoms with E-state index in [9.17, 15) is 13.8 Å². The molecule has 0 aromatic heterocycles. The normalized spacial score (nSPS) is 25.6. The summed E-state index contributed by atoms with van der Waals surface area (Å²) in [5.41, 5.74) is 1.45. The maximum Gasteiger partial charge on any atom is 0.333 e. The summed E-state index contributed by atoms with van der Waals surface area (Å²) in [6.07, 6.45) is 0.289. The third-order valence-electron chi connectivity index (χ3n) is 3.51. The predicted molar refractivity (Wildman–Crippen MR) is 82.9 cm³/mol. The number of hydrogen-bond acceptors (Lipinski definition) is 4. The van der Waals surface area contributed by atoms with Gasteiger partial charge >= 0.3 is 5.97 Å². The summed E-state index contributed by atoms with van der Waals surface area (Å²) >= 11 is 0.